The van der Waals surface area contributed by atoms with Crippen molar-refractivity contribution in [3.63, 3.8) is 0 Å². The van der Waals surface area contributed by atoms with Crippen LogP contribution in [0.2, 0.25) is 0 Å². The lowest BCUT2D eigenvalue weighted by Gasteiger charge is -2.22. The zero-order valence-electron chi connectivity index (χ0n) is 17.2. The number of aromatic nitrogens is 1. The van der Waals surface area contributed by atoms with E-state index in [0.29, 0.717) is 11.6 Å². The van der Waals surface area contributed by atoms with Crippen molar-refractivity contribution in [1.29, 1.82) is 0 Å². The van der Waals surface area contributed by atoms with Gasteiger partial charge in [-0.25, -0.2) is 4.79 Å². The quantitative estimate of drug-likeness (QED) is 0.538. The number of carbonyl (C=O) groups excluding carboxylic acids is 1. The van der Waals surface area contributed by atoms with Crippen LogP contribution < -0.4 is 5.32 Å². The van der Waals surface area contributed by atoms with Crippen LogP contribution in [0.25, 0.3) is 10.9 Å². The van der Waals surface area contributed by atoms with Crippen molar-refractivity contribution in [2.75, 3.05) is 6.54 Å². The van der Waals surface area contributed by atoms with Gasteiger partial charge in [0.1, 0.15) is 6.61 Å². The number of rotatable bonds is 7. The molecule has 2 N–H and O–H groups in total. The lowest BCUT2D eigenvalue weighted by atomic mass is 9.95. The van der Waals surface area contributed by atoms with Crippen molar-refractivity contribution in [2.45, 2.75) is 58.1 Å². The highest BCUT2D eigenvalue weighted by molar-refractivity contribution is 6.05. The summed E-state index contributed by atoms with van der Waals surface area (Å²) in [6, 6.07) is 16.8. The van der Waals surface area contributed by atoms with E-state index in [-0.39, 0.29) is 12.6 Å². The minimum Gasteiger partial charge on any atom is -0.457 e. The van der Waals surface area contributed by atoms with Crippen LogP contribution in [0.1, 0.15) is 59.3 Å². The normalized spacial score (nSPS) is 14.9. The molecule has 4 rings (SSSR count). The Morgan fingerprint density at radius 1 is 1.07 bits per heavy atom. The first-order chi connectivity index (χ1) is 14.2. The third-order valence-electron chi connectivity index (χ3n) is 5.92. The molecule has 2 aromatic carbocycles. The van der Waals surface area contributed by atoms with E-state index in [1.54, 1.807) is 0 Å². The van der Waals surface area contributed by atoms with Gasteiger partial charge in [0, 0.05) is 22.6 Å². The van der Waals surface area contributed by atoms with E-state index in [2.05, 4.69) is 28.5 Å². The summed E-state index contributed by atoms with van der Waals surface area (Å²) in [6.45, 7) is 3.20. The fourth-order valence-electron chi connectivity index (χ4n) is 4.31. The van der Waals surface area contributed by atoms with E-state index in [4.69, 9.17) is 4.74 Å². The summed E-state index contributed by atoms with van der Waals surface area (Å²) in [7, 11) is 0. The molecule has 0 saturated heterocycles. The SMILES string of the molecule is Cc1[nH]c2ccc(CCNC3CCCCC3)cc2c1C(=O)OCc1ccccc1. The monoisotopic (exact) mass is 390 g/mol. The number of hydrogen-bond donors (Lipinski definition) is 2. The van der Waals surface area contributed by atoms with E-state index in [1.165, 1.54) is 37.7 Å². The van der Waals surface area contributed by atoms with Crippen molar-refractivity contribution in [1.82, 2.24) is 10.3 Å². The Balaban J connectivity index is 1.43. The molecule has 1 aliphatic rings. The van der Waals surface area contributed by atoms with Gasteiger partial charge < -0.3 is 15.0 Å². The van der Waals surface area contributed by atoms with E-state index in [9.17, 15) is 4.79 Å². The number of aromatic amines is 1. The van der Waals surface area contributed by atoms with Crippen LogP contribution >= 0.6 is 0 Å². The first-order valence-electron chi connectivity index (χ1n) is 10.8. The molecule has 4 nitrogen and oxygen atoms in total. The summed E-state index contributed by atoms with van der Waals surface area (Å²) in [5.74, 6) is -0.268. The first kappa shape index (κ1) is 19.7. The number of esters is 1. The van der Waals surface area contributed by atoms with Gasteiger partial charge in [0.15, 0.2) is 0 Å². The van der Waals surface area contributed by atoms with Crippen molar-refractivity contribution in [3.8, 4) is 0 Å². The average molecular weight is 391 g/mol. The molecule has 1 heterocycles. The maximum atomic E-state index is 12.8. The molecule has 0 unspecified atom stereocenters. The molecule has 0 spiro atoms. The Labute approximate surface area is 172 Å². The van der Waals surface area contributed by atoms with Gasteiger partial charge in [-0.15, -0.1) is 0 Å². The Morgan fingerprint density at radius 3 is 2.66 bits per heavy atom. The summed E-state index contributed by atoms with van der Waals surface area (Å²) in [4.78, 5) is 16.1. The summed E-state index contributed by atoms with van der Waals surface area (Å²) in [5, 5.41) is 4.65. The second-order valence-corrected chi connectivity index (χ2v) is 8.11. The smallest absolute Gasteiger partial charge is 0.340 e. The van der Waals surface area contributed by atoms with E-state index < -0.39 is 0 Å². The second-order valence-electron chi connectivity index (χ2n) is 8.11. The number of carbonyl (C=O) groups is 1. The molecule has 1 aliphatic carbocycles. The number of ether oxygens (including phenoxy) is 1. The third-order valence-corrected chi connectivity index (χ3v) is 5.92. The Kier molecular flexibility index (Phi) is 6.30. The Morgan fingerprint density at radius 2 is 1.86 bits per heavy atom. The van der Waals surface area contributed by atoms with Gasteiger partial charge in [-0.3, -0.25) is 0 Å². The number of aryl methyl sites for hydroxylation is 1. The Bertz CT molecular complexity index is 956. The van der Waals surface area contributed by atoms with E-state index >= 15 is 0 Å². The zero-order chi connectivity index (χ0) is 20.1. The molecule has 1 aromatic heterocycles. The number of benzene rings is 2. The molecule has 4 heteroatoms. The van der Waals surface area contributed by atoms with Gasteiger partial charge in [0.05, 0.1) is 5.56 Å². The molecule has 0 bridgehead atoms. The summed E-state index contributed by atoms with van der Waals surface area (Å²) in [6.07, 6.45) is 7.64. The lowest BCUT2D eigenvalue weighted by molar-refractivity contribution is 0.0474. The highest BCUT2D eigenvalue weighted by atomic mass is 16.5. The summed E-state index contributed by atoms with van der Waals surface area (Å²) >= 11 is 0. The topological polar surface area (TPSA) is 54.1 Å². The molecule has 1 saturated carbocycles. The van der Waals surface area contributed by atoms with Crippen LogP contribution in [0, 0.1) is 6.92 Å². The molecule has 29 heavy (non-hydrogen) atoms. The number of fused-ring (bicyclic) bond motifs is 1. The second kappa shape index (κ2) is 9.27. The van der Waals surface area contributed by atoms with Gasteiger partial charge in [-0.05, 0) is 56.0 Å². The van der Waals surface area contributed by atoms with Crippen LogP contribution in [-0.4, -0.2) is 23.5 Å². The molecule has 3 aromatic rings. The summed E-state index contributed by atoms with van der Waals surface area (Å²) in [5.41, 5.74) is 4.73. The standard InChI is InChI=1S/C25H30N2O2/c1-18-24(25(28)29-17-20-8-4-2-5-9-20)22-16-19(12-13-23(22)27-18)14-15-26-21-10-6-3-7-11-21/h2,4-5,8-9,12-13,16,21,26-27H,3,6-7,10-11,14-15,17H2,1H3. The van der Waals surface area contributed by atoms with Gasteiger partial charge >= 0.3 is 5.97 Å². The fourth-order valence-corrected chi connectivity index (χ4v) is 4.31. The zero-order valence-corrected chi connectivity index (χ0v) is 17.2. The molecule has 0 radical (unpaired) electrons. The molecule has 1 fully saturated rings. The van der Waals surface area contributed by atoms with Crippen LogP contribution in [0.5, 0.6) is 0 Å². The minimum absolute atomic E-state index is 0.268. The van der Waals surface area contributed by atoms with E-state index in [1.807, 2.05) is 37.3 Å². The van der Waals surface area contributed by atoms with Crippen molar-refractivity contribution >= 4 is 16.9 Å². The molecular weight excluding hydrogens is 360 g/mol. The minimum atomic E-state index is -0.268. The molecule has 0 atom stereocenters. The van der Waals surface area contributed by atoms with Crippen molar-refractivity contribution < 1.29 is 9.53 Å². The van der Waals surface area contributed by atoms with Crippen LogP contribution in [0.15, 0.2) is 48.5 Å². The average Bonchev–Trinajstić information content (AvgIpc) is 3.08. The van der Waals surface area contributed by atoms with Gasteiger partial charge in [-0.2, -0.15) is 0 Å². The van der Waals surface area contributed by atoms with Crippen LogP contribution in [0.3, 0.4) is 0 Å². The molecule has 152 valence electrons. The van der Waals surface area contributed by atoms with Crippen LogP contribution in [-0.2, 0) is 17.8 Å². The number of H-pyrrole nitrogens is 1. The molecular formula is C25H30N2O2. The van der Waals surface area contributed by atoms with Gasteiger partial charge in [0.25, 0.3) is 0 Å². The van der Waals surface area contributed by atoms with Crippen molar-refractivity contribution in [3.05, 3.63) is 70.9 Å². The highest BCUT2D eigenvalue weighted by Gasteiger charge is 2.18. The molecule has 0 amide bonds. The lowest BCUT2D eigenvalue weighted by Crippen LogP contribution is -2.32. The number of nitrogens with one attached hydrogen (secondary N) is 2. The van der Waals surface area contributed by atoms with Crippen molar-refractivity contribution in [2.24, 2.45) is 0 Å². The first-order valence-corrected chi connectivity index (χ1v) is 10.8. The largest absolute Gasteiger partial charge is 0.457 e. The maximum absolute atomic E-state index is 12.8. The predicted octanol–water partition coefficient (Wildman–Crippen LogP) is 5.30. The van der Waals surface area contributed by atoms with Crippen LogP contribution in [0.4, 0.5) is 0 Å². The third kappa shape index (κ3) is 4.88. The van der Waals surface area contributed by atoms with E-state index in [0.717, 1.165) is 35.1 Å². The summed E-state index contributed by atoms with van der Waals surface area (Å²) < 4.78 is 5.59. The maximum Gasteiger partial charge on any atom is 0.340 e. The van der Waals surface area contributed by atoms with Gasteiger partial charge in [-0.1, -0.05) is 55.7 Å². The molecule has 0 aliphatic heterocycles. The van der Waals surface area contributed by atoms with Gasteiger partial charge in [0.2, 0.25) is 0 Å². The highest BCUT2D eigenvalue weighted by Crippen LogP contribution is 2.25. The predicted molar refractivity (Wildman–Crippen MR) is 117 cm³/mol. The number of hydrogen-bond acceptors (Lipinski definition) is 3. The Hall–Kier alpha value is -2.59. The fraction of sp³-hybridized carbons (Fsp3) is 0.400.